The molecule has 0 unspecified atom stereocenters. The summed E-state index contributed by atoms with van der Waals surface area (Å²) in [5, 5.41) is 0. The Balaban J connectivity index is 1.97. The fraction of sp³-hybridized carbons (Fsp3) is 0.467. The first-order chi connectivity index (χ1) is 9.37. The van der Waals surface area contributed by atoms with Crippen molar-refractivity contribution < 1.29 is 14.3 Å². The maximum absolute atomic E-state index is 12.3. The Morgan fingerprint density at radius 3 is 2.45 bits per heavy atom. The molecule has 1 heterocycles. The molecule has 1 aromatic rings. The van der Waals surface area contributed by atoms with Crippen molar-refractivity contribution in [1.82, 2.24) is 4.90 Å². The van der Waals surface area contributed by atoms with Crippen LogP contribution in [-0.4, -0.2) is 42.1 Å². The average Bonchev–Trinajstić information content (AvgIpc) is 2.70. The van der Waals surface area contributed by atoms with Crippen LogP contribution in [0.5, 0.6) is 0 Å². The molecule has 0 atom stereocenters. The van der Waals surface area contributed by atoms with E-state index in [-0.39, 0.29) is 18.5 Å². The quantitative estimate of drug-likeness (QED) is 0.796. The summed E-state index contributed by atoms with van der Waals surface area (Å²) >= 11 is 0. The largest absolute Gasteiger partial charge is 0.459 e. The first kappa shape index (κ1) is 14.4. The predicted molar refractivity (Wildman–Crippen MR) is 76.6 cm³/mol. The predicted octanol–water partition coefficient (Wildman–Crippen LogP) is 2.27. The van der Waals surface area contributed by atoms with Gasteiger partial charge in [0.05, 0.1) is 0 Å². The Kier molecular flexibility index (Phi) is 3.97. The lowest BCUT2D eigenvalue weighted by Crippen LogP contribution is -2.38. The standard InChI is InChI=1S/C15H20N2O3/c1-15(2,3)20-13(18)11-16-9-10-17(14(16)19)12-7-5-4-6-8-12/h4-8H,9-11H2,1-3H3. The number of para-hydroxylation sites is 1. The highest BCUT2D eigenvalue weighted by Gasteiger charge is 2.31. The average molecular weight is 276 g/mol. The molecule has 0 bridgehead atoms. The Labute approximate surface area is 119 Å². The molecule has 0 saturated carbocycles. The third kappa shape index (κ3) is 3.50. The van der Waals surface area contributed by atoms with E-state index in [2.05, 4.69) is 0 Å². The minimum absolute atomic E-state index is 0.000559. The van der Waals surface area contributed by atoms with E-state index in [0.29, 0.717) is 13.1 Å². The monoisotopic (exact) mass is 276 g/mol. The number of hydrogen-bond donors (Lipinski definition) is 0. The number of esters is 1. The summed E-state index contributed by atoms with van der Waals surface area (Å²) < 4.78 is 5.24. The van der Waals surface area contributed by atoms with E-state index in [9.17, 15) is 9.59 Å². The van der Waals surface area contributed by atoms with Crippen LogP contribution in [0.2, 0.25) is 0 Å². The van der Waals surface area contributed by atoms with Gasteiger partial charge in [-0.25, -0.2) is 4.79 Å². The van der Waals surface area contributed by atoms with Crippen LogP contribution in [0, 0.1) is 0 Å². The third-order valence-electron chi connectivity index (χ3n) is 2.90. The maximum atomic E-state index is 12.3. The van der Waals surface area contributed by atoms with E-state index in [0.717, 1.165) is 5.69 Å². The molecule has 108 valence electrons. The van der Waals surface area contributed by atoms with E-state index in [1.54, 1.807) is 4.90 Å². The number of ether oxygens (including phenoxy) is 1. The molecular formula is C15H20N2O3. The number of benzene rings is 1. The van der Waals surface area contributed by atoms with Crippen LogP contribution in [0.4, 0.5) is 10.5 Å². The highest BCUT2D eigenvalue weighted by atomic mass is 16.6. The van der Waals surface area contributed by atoms with E-state index in [1.807, 2.05) is 51.1 Å². The van der Waals surface area contributed by atoms with Crippen LogP contribution in [0.25, 0.3) is 0 Å². The van der Waals surface area contributed by atoms with Crippen molar-refractivity contribution in [3.8, 4) is 0 Å². The lowest BCUT2D eigenvalue weighted by molar-refractivity contribution is -0.155. The molecule has 1 aliphatic rings. The molecule has 0 N–H and O–H groups in total. The second kappa shape index (κ2) is 5.53. The van der Waals surface area contributed by atoms with Gasteiger partial charge in [-0.15, -0.1) is 0 Å². The molecule has 5 nitrogen and oxygen atoms in total. The molecule has 0 spiro atoms. The normalized spacial score (nSPS) is 15.7. The number of urea groups is 1. The fourth-order valence-corrected chi connectivity index (χ4v) is 2.11. The van der Waals surface area contributed by atoms with Crippen molar-refractivity contribution in [3.05, 3.63) is 30.3 Å². The number of anilines is 1. The van der Waals surface area contributed by atoms with Gasteiger partial charge in [0, 0.05) is 18.8 Å². The summed E-state index contributed by atoms with van der Waals surface area (Å²) in [7, 11) is 0. The van der Waals surface area contributed by atoms with Gasteiger partial charge in [0.2, 0.25) is 0 Å². The molecule has 1 saturated heterocycles. The van der Waals surface area contributed by atoms with Crippen molar-refractivity contribution in [3.63, 3.8) is 0 Å². The Morgan fingerprint density at radius 2 is 1.85 bits per heavy atom. The second-order valence-corrected chi connectivity index (χ2v) is 5.78. The van der Waals surface area contributed by atoms with Gasteiger partial charge in [-0.2, -0.15) is 0 Å². The van der Waals surface area contributed by atoms with E-state index in [4.69, 9.17) is 4.74 Å². The Hall–Kier alpha value is -2.04. The van der Waals surface area contributed by atoms with Crippen LogP contribution in [0.1, 0.15) is 20.8 Å². The van der Waals surface area contributed by atoms with Crippen LogP contribution in [0.3, 0.4) is 0 Å². The van der Waals surface area contributed by atoms with Crippen molar-refractivity contribution in [2.45, 2.75) is 26.4 Å². The Morgan fingerprint density at radius 1 is 1.20 bits per heavy atom. The number of hydrogen-bond acceptors (Lipinski definition) is 3. The van der Waals surface area contributed by atoms with Gasteiger partial charge in [-0.1, -0.05) is 18.2 Å². The molecule has 1 fully saturated rings. The lowest BCUT2D eigenvalue weighted by atomic mass is 10.2. The molecule has 2 amide bonds. The summed E-state index contributed by atoms with van der Waals surface area (Å²) in [4.78, 5) is 27.2. The molecule has 1 aliphatic heterocycles. The van der Waals surface area contributed by atoms with Gasteiger partial charge in [0.25, 0.3) is 0 Å². The summed E-state index contributed by atoms with van der Waals surface area (Å²) in [6.07, 6.45) is 0. The molecule has 0 aliphatic carbocycles. The first-order valence-corrected chi connectivity index (χ1v) is 6.70. The molecule has 0 radical (unpaired) electrons. The molecule has 2 rings (SSSR count). The SMILES string of the molecule is CC(C)(C)OC(=O)CN1CCN(c2ccccc2)C1=O. The Bertz CT molecular complexity index is 494. The van der Waals surface area contributed by atoms with Gasteiger partial charge in [-0.05, 0) is 32.9 Å². The van der Waals surface area contributed by atoms with Crippen LogP contribution >= 0.6 is 0 Å². The highest BCUT2D eigenvalue weighted by Crippen LogP contribution is 2.19. The molecule has 5 heteroatoms. The summed E-state index contributed by atoms with van der Waals surface area (Å²) in [5.41, 5.74) is 0.322. The maximum Gasteiger partial charge on any atom is 0.326 e. The van der Waals surface area contributed by atoms with Gasteiger partial charge in [-0.3, -0.25) is 9.69 Å². The van der Waals surface area contributed by atoms with Gasteiger partial charge >= 0.3 is 12.0 Å². The topological polar surface area (TPSA) is 49.9 Å². The van der Waals surface area contributed by atoms with Gasteiger partial charge < -0.3 is 9.64 Å². The summed E-state index contributed by atoms with van der Waals surface area (Å²) in [6.45, 7) is 6.56. The van der Waals surface area contributed by atoms with Crippen LogP contribution in [0.15, 0.2) is 30.3 Å². The van der Waals surface area contributed by atoms with Gasteiger partial charge in [0.15, 0.2) is 0 Å². The molecule has 1 aromatic carbocycles. The van der Waals surface area contributed by atoms with Crippen molar-refractivity contribution >= 4 is 17.7 Å². The molecule has 0 aromatic heterocycles. The third-order valence-corrected chi connectivity index (χ3v) is 2.90. The van der Waals surface area contributed by atoms with Crippen molar-refractivity contribution in [2.75, 3.05) is 24.5 Å². The minimum atomic E-state index is -0.529. The van der Waals surface area contributed by atoms with Crippen molar-refractivity contribution in [2.24, 2.45) is 0 Å². The summed E-state index contributed by atoms with van der Waals surface area (Å²) in [6, 6.07) is 9.30. The highest BCUT2D eigenvalue weighted by molar-refractivity contribution is 5.95. The van der Waals surface area contributed by atoms with E-state index < -0.39 is 5.60 Å². The zero-order valence-electron chi connectivity index (χ0n) is 12.1. The van der Waals surface area contributed by atoms with Crippen molar-refractivity contribution in [1.29, 1.82) is 0 Å². The molecule has 20 heavy (non-hydrogen) atoms. The zero-order valence-corrected chi connectivity index (χ0v) is 12.1. The van der Waals surface area contributed by atoms with Crippen LogP contribution < -0.4 is 4.90 Å². The van der Waals surface area contributed by atoms with E-state index >= 15 is 0 Å². The zero-order chi connectivity index (χ0) is 14.8. The number of carbonyl (C=O) groups is 2. The number of rotatable bonds is 3. The number of amides is 2. The number of nitrogens with zero attached hydrogens (tertiary/aromatic N) is 2. The summed E-state index contributed by atoms with van der Waals surface area (Å²) in [5.74, 6) is -0.374. The number of carbonyl (C=O) groups excluding carboxylic acids is 2. The minimum Gasteiger partial charge on any atom is -0.459 e. The van der Waals surface area contributed by atoms with Crippen LogP contribution in [-0.2, 0) is 9.53 Å². The fourth-order valence-electron chi connectivity index (χ4n) is 2.11. The smallest absolute Gasteiger partial charge is 0.326 e. The lowest BCUT2D eigenvalue weighted by Gasteiger charge is -2.22. The second-order valence-electron chi connectivity index (χ2n) is 5.78. The van der Waals surface area contributed by atoms with Gasteiger partial charge in [0.1, 0.15) is 12.1 Å². The van der Waals surface area contributed by atoms with E-state index in [1.165, 1.54) is 4.90 Å². The molecular weight excluding hydrogens is 256 g/mol. The first-order valence-electron chi connectivity index (χ1n) is 6.70.